The van der Waals surface area contributed by atoms with Gasteiger partial charge in [0.2, 0.25) is 5.95 Å². The molecule has 0 bridgehead atoms. The van der Waals surface area contributed by atoms with E-state index in [0.29, 0.717) is 5.95 Å². The van der Waals surface area contributed by atoms with Crippen LogP contribution >= 0.6 is 15.9 Å². The van der Waals surface area contributed by atoms with E-state index in [0.717, 1.165) is 32.5 Å². The van der Waals surface area contributed by atoms with E-state index in [1.54, 1.807) is 7.11 Å². The van der Waals surface area contributed by atoms with E-state index in [4.69, 9.17) is 10.5 Å². The molecular weight excluding hydrogens is 318 g/mol. The van der Waals surface area contributed by atoms with Crippen LogP contribution in [0, 0.1) is 6.92 Å². The van der Waals surface area contributed by atoms with E-state index in [1.807, 2.05) is 35.8 Å². The number of nitrogens with zero attached hydrogens (tertiary/aromatic N) is 2. The van der Waals surface area contributed by atoms with Crippen molar-refractivity contribution in [1.29, 1.82) is 0 Å². The smallest absolute Gasteiger partial charge is 0.206 e. The Balaban J connectivity index is 2.33. The average Bonchev–Trinajstić information content (AvgIpc) is 2.73. The molecular formula is C15H14BrN3O. The first-order valence-corrected chi connectivity index (χ1v) is 6.98. The van der Waals surface area contributed by atoms with E-state index in [9.17, 15) is 0 Å². The van der Waals surface area contributed by atoms with Gasteiger partial charge >= 0.3 is 0 Å². The molecule has 3 rings (SSSR count). The van der Waals surface area contributed by atoms with Crippen LogP contribution in [0.3, 0.4) is 0 Å². The second-order valence-electron chi connectivity index (χ2n) is 4.62. The van der Waals surface area contributed by atoms with Crippen molar-refractivity contribution in [3.8, 4) is 11.4 Å². The Morgan fingerprint density at radius 1 is 1.25 bits per heavy atom. The van der Waals surface area contributed by atoms with Crippen molar-refractivity contribution in [2.45, 2.75) is 6.92 Å². The Kier molecular flexibility index (Phi) is 3.14. The van der Waals surface area contributed by atoms with Gasteiger partial charge in [0.25, 0.3) is 0 Å². The van der Waals surface area contributed by atoms with E-state index in [-0.39, 0.29) is 0 Å². The van der Waals surface area contributed by atoms with Gasteiger partial charge in [-0.3, -0.25) is 4.57 Å². The van der Waals surface area contributed by atoms with Gasteiger partial charge in [-0.1, -0.05) is 22.0 Å². The van der Waals surface area contributed by atoms with Gasteiger partial charge in [-0.25, -0.2) is 4.98 Å². The maximum absolute atomic E-state index is 6.09. The number of aryl methyl sites for hydroxylation is 1. The number of methoxy groups -OCH3 is 1. The molecule has 4 nitrogen and oxygen atoms in total. The zero-order valence-electron chi connectivity index (χ0n) is 11.2. The van der Waals surface area contributed by atoms with Gasteiger partial charge in [-0.2, -0.15) is 0 Å². The lowest BCUT2D eigenvalue weighted by Crippen LogP contribution is -2.00. The molecule has 0 atom stereocenters. The van der Waals surface area contributed by atoms with Crippen LogP contribution in [0.4, 0.5) is 5.95 Å². The summed E-state index contributed by atoms with van der Waals surface area (Å²) in [7, 11) is 1.63. The third kappa shape index (κ3) is 2.04. The molecule has 0 radical (unpaired) electrons. The predicted molar refractivity (Wildman–Crippen MR) is 84.5 cm³/mol. The number of hydrogen-bond donors (Lipinski definition) is 1. The van der Waals surface area contributed by atoms with Crippen LogP contribution in [0.2, 0.25) is 0 Å². The number of anilines is 1. The first-order valence-electron chi connectivity index (χ1n) is 6.18. The van der Waals surface area contributed by atoms with Gasteiger partial charge in [0.1, 0.15) is 11.3 Å². The van der Waals surface area contributed by atoms with Gasteiger partial charge in [-0.15, -0.1) is 0 Å². The molecule has 1 heterocycles. The number of nitrogens with two attached hydrogens (primary N) is 1. The van der Waals surface area contributed by atoms with Gasteiger partial charge in [0.05, 0.1) is 18.3 Å². The second-order valence-corrected chi connectivity index (χ2v) is 5.54. The Hall–Kier alpha value is -2.01. The highest BCUT2D eigenvalue weighted by Gasteiger charge is 2.13. The number of halogens is 1. The van der Waals surface area contributed by atoms with E-state index in [2.05, 4.69) is 33.0 Å². The minimum absolute atomic E-state index is 0.446. The number of para-hydroxylation sites is 1. The molecule has 0 saturated carbocycles. The van der Waals surface area contributed by atoms with E-state index < -0.39 is 0 Å². The molecule has 5 heteroatoms. The highest BCUT2D eigenvalue weighted by atomic mass is 79.9. The minimum atomic E-state index is 0.446. The fraction of sp³-hybridized carbons (Fsp3) is 0.133. The SMILES string of the molecule is COc1cccc2c1nc(N)n2-c1cc(C)cc(Br)c1. The largest absolute Gasteiger partial charge is 0.494 e. The summed E-state index contributed by atoms with van der Waals surface area (Å²) in [6, 6.07) is 11.9. The fourth-order valence-corrected chi connectivity index (χ4v) is 2.97. The number of aromatic nitrogens is 2. The van der Waals surface area contributed by atoms with Crippen LogP contribution in [0.15, 0.2) is 40.9 Å². The Morgan fingerprint density at radius 2 is 2.05 bits per heavy atom. The first kappa shape index (κ1) is 13.0. The van der Waals surface area contributed by atoms with Crippen LogP contribution < -0.4 is 10.5 Å². The summed E-state index contributed by atoms with van der Waals surface area (Å²) in [5.41, 5.74) is 9.92. The highest BCUT2D eigenvalue weighted by molar-refractivity contribution is 9.10. The molecule has 102 valence electrons. The zero-order chi connectivity index (χ0) is 14.3. The third-order valence-electron chi connectivity index (χ3n) is 3.18. The van der Waals surface area contributed by atoms with Gasteiger partial charge < -0.3 is 10.5 Å². The Labute approximate surface area is 125 Å². The number of hydrogen-bond acceptors (Lipinski definition) is 3. The molecule has 0 aliphatic rings. The number of ether oxygens (including phenoxy) is 1. The molecule has 2 aromatic carbocycles. The summed E-state index contributed by atoms with van der Waals surface area (Å²) >= 11 is 3.52. The molecule has 0 spiro atoms. The quantitative estimate of drug-likeness (QED) is 0.779. The molecule has 0 saturated heterocycles. The summed E-state index contributed by atoms with van der Waals surface area (Å²) in [5, 5.41) is 0. The summed E-state index contributed by atoms with van der Waals surface area (Å²) in [4.78, 5) is 4.42. The van der Waals surface area contributed by atoms with E-state index in [1.165, 1.54) is 0 Å². The molecule has 0 unspecified atom stereocenters. The van der Waals surface area contributed by atoms with Crippen molar-refractivity contribution >= 4 is 32.9 Å². The van der Waals surface area contributed by atoms with Crippen molar-refractivity contribution in [3.63, 3.8) is 0 Å². The van der Waals surface area contributed by atoms with Crippen LogP contribution in [0.25, 0.3) is 16.7 Å². The lowest BCUT2D eigenvalue weighted by molar-refractivity contribution is 0.419. The Morgan fingerprint density at radius 3 is 2.75 bits per heavy atom. The molecule has 2 N–H and O–H groups in total. The first-order chi connectivity index (χ1) is 9.60. The lowest BCUT2D eigenvalue weighted by Gasteiger charge is -2.09. The summed E-state index contributed by atoms with van der Waals surface area (Å²) < 4.78 is 8.28. The van der Waals surface area contributed by atoms with Crippen LogP contribution in [0.1, 0.15) is 5.56 Å². The fourth-order valence-electron chi connectivity index (χ4n) is 2.37. The molecule has 0 aliphatic carbocycles. The minimum Gasteiger partial charge on any atom is -0.494 e. The summed E-state index contributed by atoms with van der Waals surface area (Å²) in [6.07, 6.45) is 0. The number of imidazole rings is 1. The number of rotatable bonds is 2. The zero-order valence-corrected chi connectivity index (χ0v) is 12.8. The average molecular weight is 332 g/mol. The highest BCUT2D eigenvalue weighted by Crippen LogP contribution is 2.30. The molecule has 3 aromatic rings. The number of fused-ring (bicyclic) bond motifs is 1. The third-order valence-corrected chi connectivity index (χ3v) is 3.64. The van der Waals surface area contributed by atoms with Gasteiger partial charge in [-0.05, 0) is 42.8 Å². The molecule has 1 aromatic heterocycles. The maximum Gasteiger partial charge on any atom is 0.206 e. The molecule has 0 fully saturated rings. The van der Waals surface area contributed by atoms with Gasteiger partial charge in [0, 0.05) is 4.47 Å². The van der Waals surface area contributed by atoms with Crippen molar-refractivity contribution in [2.75, 3.05) is 12.8 Å². The van der Waals surface area contributed by atoms with Crippen molar-refractivity contribution in [2.24, 2.45) is 0 Å². The lowest BCUT2D eigenvalue weighted by atomic mass is 10.2. The second kappa shape index (κ2) is 4.83. The maximum atomic E-state index is 6.09. The monoisotopic (exact) mass is 331 g/mol. The van der Waals surface area contributed by atoms with E-state index >= 15 is 0 Å². The molecule has 0 amide bonds. The van der Waals surface area contributed by atoms with Crippen LogP contribution in [0.5, 0.6) is 5.75 Å². The molecule has 0 aliphatic heterocycles. The summed E-state index contributed by atoms with van der Waals surface area (Å²) in [5.74, 6) is 1.17. The predicted octanol–water partition coefficient (Wildman–Crippen LogP) is 3.69. The van der Waals surface area contributed by atoms with Gasteiger partial charge in [0.15, 0.2) is 0 Å². The Bertz CT molecular complexity index is 775. The summed E-state index contributed by atoms with van der Waals surface area (Å²) in [6.45, 7) is 2.05. The van der Waals surface area contributed by atoms with Crippen molar-refractivity contribution < 1.29 is 4.74 Å². The van der Waals surface area contributed by atoms with Crippen LogP contribution in [-0.4, -0.2) is 16.7 Å². The van der Waals surface area contributed by atoms with Crippen LogP contribution in [-0.2, 0) is 0 Å². The standard InChI is InChI=1S/C15H14BrN3O/c1-9-6-10(16)8-11(7-9)19-12-4-3-5-13(20-2)14(12)18-15(19)17/h3-8H,1-2H3,(H2,17,18). The number of benzene rings is 2. The topological polar surface area (TPSA) is 53.1 Å². The van der Waals surface area contributed by atoms with Crippen molar-refractivity contribution in [3.05, 3.63) is 46.4 Å². The van der Waals surface area contributed by atoms with Crippen molar-refractivity contribution in [1.82, 2.24) is 9.55 Å². The number of nitrogen functional groups attached to an aromatic ring is 1. The molecule has 20 heavy (non-hydrogen) atoms. The normalized spacial score (nSPS) is 10.9.